The third-order valence-electron chi connectivity index (χ3n) is 4.40. The third-order valence-corrected chi connectivity index (χ3v) is 4.40. The van der Waals surface area contributed by atoms with Gasteiger partial charge in [0.25, 0.3) is 0 Å². The molecule has 0 amide bonds. The molecule has 0 aliphatic carbocycles. The summed E-state index contributed by atoms with van der Waals surface area (Å²) in [6, 6.07) is 18.7. The van der Waals surface area contributed by atoms with E-state index in [4.69, 9.17) is 16.9 Å². The Hall–Kier alpha value is -3.80. The molecule has 3 aromatic carbocycles. The fourth-order valence-corrected chi connectivity index (χ4v) is 3.06. The molecule has 0 heterocycles. The third kappa shape index (κ3) is 4.29. The molecule has 142 valence electrons. The SMILES string of the molecule is Cc1cc(-c2cccc(N)c2)cc(C(Nc2ccc(C(=N)N)cc2)C(=O)[O-])c1. The smallest absolute Gasteiger partial charge is 0.122 e. The van der Waals surface area contributed by atoms with E-state index in [1.54, 1.807) is 30.3 Å². The van der Waals surface area contributed by atoms with Crippen LogP contribution in [0.15, 0.2) is 66.7 Å². The van der Waals surface area contributed by atoms with Crippen molar-refractivity contribution < 1.29 is 9.90 Å². The topological polar surface area (TPSA) is 128 Å². The van der Waals surface area contributed by atoms with Crippen molar-refractivity contribution in [2.45, 2.75) is 13.0 Å². The zero-order valence-electron chi connectivity index (χ0n) is 15.4. The molecule has 0 saturated heterocycles. The maximum atomic E-state index is 11.8. The first-order valence-corrected chi connectivity index (χ1v) is 8.73. The number of carbonyl (C=O) groups excluding carboxylic acids is 1. The summed E-state index contributed by atoms with van der Waals surface area (Å²) in [4.78, 5) is 11.8. The van der Waals surface area contributed by atoms with Crippen LogP contribution in [0.2, 0.25) is 0 Å². The maximum Gasteiger partial charge on any atom is 0.122 e. The van der Waals surface area contributed by atoms with E-state index in [9.17, 15) is 9.90 Å². The predicted molar refractivity (Wildman–Crippen MR) is 110 cm³/mol. The summed E-state index contributed by atoms with van der Waals surface area (Å²) in [5.74, 6) is -1.28. The molecule has 28 heavy (non-hydrogen) atoms. The Bertz CT molecular complexity index is 1030. The highest BCUT2D eigenvalue weighted by molar-refractivity contribution is 5.95. The molecule has 0 radical (unpaired) electrons. The van der Waals surface area contributed by atoms with Crippen molar-refractivity contribution in [3.63, 3.8) is 0 Å². The van der Waals surface area contributed by atoms with E-state index in [1.165, 1.54) is 0 Å². The number of anilines is 2. The van der Waals surface area contributed by atoms with Crippen molar-refractivity contribution in [3.8, 4) is 11.1 Å². The van der Waals surface area contributed by atoms with Gasteiger partial charge in [0.1, 0.15) is 5.84 Å². The van der Waals surface area contributed by atoms with Crippen LogP contribution < -0.4 is 21.9 Å². The van der Waals surface area contributed by atoms with Gasteiger partial charge in [0.2, 0.25) is 0 Å². The molecule has 0 spiro atoms. The number of aliphatic carboxylic acids is 1. The highest BCUT2D eigenvalue weighted by Gasteiger charge is 2.15. The first kappa shape index (κ1) is 19.0. The second-order valence-corrected chi connectivity index (χ2v) is 6.65. The number of carboxylic acid groups (broad SMARTS) is 1. The highest BCUT2D eigenvalue weighted by Crippen LogP contribution is 2.28. The summed E-state index contributed by atoms with van der Waals surface area (Å²) in [5, 5.41) is 22.3. The Kier molecular flexibility index (Phi) is 5.31. The molecule has 0 aliphatic rings. The van der Waals surface area contributed by atoms with E-state index in [1.807, 2.05) is 43.3 Å². The molecular weight excluding hydrogens is 352 g/mol. The Morgan fingerprint density at radius 3 is 2.36 bits per heavy atom. The fourth-order valence-electron chi connectivity index (χ4n) is 3.06. The number of hydrogen-bond acceptors (Lipinski definition) is 5. The predicted octanol–water partition coefficient (Wildman–Crippen LogP) is 2.43. The van der Waals surface area contributed by atoms with Crippen LogP contribution in [-0.4, -0.2) is 11.8 Å². The number of benzene rings is 3. The van der Waals surface area contributed by atoms with Crippen LogP contribution >= 0.6 is 0 Å². The summed E-state index contributed by atoms with van der Waals surface area (Å²) in [5.41, 5.74) is 16.4. The lowest BCUT2D eigenvalue weighted by atomic mass is 9.96. The van der Waals surface area contributed by atoms with Gasteiger partial charge in [-0.15, -0.1) is 0 Å². The van der Waals surface area contributed by atoms with E-state index in [-0.39, 0.29) is 5.84 Å². The molecular formula is C22H21N4O2-. The van der Waals surface area contributed by atoms with Crippen molar-refractivity contribution in [1.29, 1.82) is 5.41 Å². The van der Waals surface area contributed by atoms with E-state index in [0.717, 1.165) is 16.7 Å². The molecule has 6 nitrogen and oxygen atoms in total. The van der Waals surface area contributed by atoms with Gasteiger partial charge in [-0.1, -0.05) is 29.8 Å². The largest absolute Gasteiger partial charge is 0.548 e. The summed E-state index contributed by atoms with van der Waals surface area (Å²) >= 11 is 0. The standard InChI is InChI=1S/C22H22N4O2/c1-13-9-16(15-3-2-4-18(23)12-15)11-17(10-13)20(22(27)28)26-19-7-5-14(6-8-19)21(24)25/h2-12,20,26H,23H2,1H3,(H3,24,25)(H,27,28)/p-1. The average molecular weight is 373 g/mol. The number of amidine groups is 1. The lowest BCUT2D eigenvalue weighted by Gasteiger charge is -2.23. The molecule has 1 unspecified atom stereocenters. The van der Waals surface area contributed by atoms with Gasteiger partial charge in [0, 0.05) is 16.9 Å². The molecule has 3 aromatic rings. The Morgan fingerprint density at radius 2 is 1.75 bits per heavy atom. The molecule has 0 bridgehead atoms. The number of nitrogens with two attached hydrogens (primary N) is 2. The Balaban J connectivity index is 1.96. The number of aryl methyl sites for hydroxylation is 1. The van der Waals surface area contributed by atoms with Gasteiger partial charge in [0.05, 0.1) is 12.0 Å². The van der Waals surface area contributed by atoms with Crippen LogP contribution in [-0.2, 0) is 4.79 Å². The first-order valence-electron chi connectivity index (χ1n) is 8.73. The zero-order chi connectivity index (χ0) is 20.3. The van der Waals surface area contributed by atoms with Gasteiger partial charge in [-0.25, -0.2) is 0 Å². The normalized spacial score (nSPS) is 11.6. The monoisotopic (exact) mass is 373 g/mol. The van der Waals surface area contributed by atoms with Gasteiger partial charge < -0.3 is 26.7 Å². The highest BCUT2D eigenvalue weighted by atomic mass is 16.4. The van der Waals surface area contributed by atoms with Gasteiger partial charge in [-0.3, -0.25) is 5.41 Å². The Labute approximate surface area is 163 Å². The Morgan fingerprint density at radius 1 is 1.04 bits per heavy atom. The molecule has 1 atom stereocenters. The summed E-state index contributed by atoms with van der Waals surface area (Å²) < 4.78 is 0. The minimum Gasteiger partial charge on any atom is -0.548 e. The molecule has 0 aliphatic heterocycles. The van der Waals surface area contributed by atoms with E-state index < -0.39 is 12.0 Å². The number of nitrogen functional groups attached to an aromatic ring is 2. The summed E-state index contributed by atoms with van der Waals surface area (Å²) in [6.07, 6.45) is 0. The number of hydrogen-bond donors (Lipinski definition) is 4. The van der Waals surface area contributed by atoms with Crippen molar-refractivity contribution in [2.24, 2.45) is 5.73 Å². The minimum atomic E-state index is -1.24. The lowest BCUT2D eigenvalue weighted by Crippen LogP contribution is -2.34. The second-order valence-electron chi connectivity index (χ2n) is 6.65. The number of carbonyl (C=O) groups is 1. The number of rotatable bonds is 6. The summed E-state index contributed by atoms with van der Waals surface area (Å²) in [7, 11) is 0. The molecule has 0 fully saturated rings. The van der Waals surface area contributed by atoms with Gasteiger partial charge in [-0.2, -0.15) is 0 Å². The van der Waals surface area contributed by atoms with Gasteiger partial charge in [0.15, 0.2) is 0 Å². The van der Waals surface area contributed by atoms with Crippen LogP contribution in [0.5, 0.6) is 0 Å². The lowest BCUT2D eigenvalue weighted by molar-refractivity contribution is -0.307. The molecule has 0 aromatic heterocycles. The average Bonchev–Trinajstić information content (AvgIpc) is 2.65. The zero-order valence-corrected chi connectivity index (χ0v) is 15.4. The van der Waals surface area contributed by atoms with Crippen LogP contribution in [0.3, 0.4) is 0 Å². The van der Waals surface area contributed by atoms with Crippen molar-refractivity contribution in [2.75, 3.05) is 11.1 Å². The van der Waals surface area contributed by atoms with E-state index in [2.05, 4.69) is 5.32 Å². The molecule has 6 heteroatoms. The van der Waals surface area contributed by atoms with Crippen LogP contribution in [0, 0.1) is 12.3 Å². The quantitative estimate of drug-likeness (QED) is 0.300. The van der Waals surface area contributed by atoms with Crippen LogP contribution in [0.25, 0.3) is 11.1 Å². The van der Waals surface area contributed by atoms with Crippen molar-refractivity contribution >= 4 is 23.2 Å². The molecule has 3 rings (SSSR count). The van der Waals surface area contributed by atoms with E-state index in [0.29, 0.717) is 22.5 Å². The first-order chi connectivity index (χ1) is 13.3. The minimum absolute atomic E-state index is 0.0477. The van der Waals surface area contributed by atoms with Crippen molar-refractivity contribution in [1.82, 2.24) is 0 Å². The van der Waals surface area contributed by atoms with Gasteiger partial charge in [-0.05, 0) is 66.1 Å². The molecule has 6 N–H and O–H groups in total. The second kappa shape index (κ2) is 7.84. The fraction of sp³-hybridized carbons (Fsp3) is 0.0909. The van der Waals surface area contributed by atoms with Gasteiger partial charge >= 0.3 is 0 Å². The van der Waals surface area contributed by atoms with Crippen molar-refractivity contribution in [3.05, 3.63) is 83.4 Å². The van der Waals surface area contributed by atoms with Crippen LogP contribution in [0.1, 0.15) is 22.7 Å². The summed E-state index contributed by atoms with van der Waals surface area (Å²) in [6.45, 7) is 1.91. The number of nitrogens with one attached hydrogen (secondary N) is 2. The molecule has 0 saturated carbocycles. The van der Waals surface area contributed by atoms with E-state index >= 15 is 0 Å². The number of carboxylic acids is 1. The van der Waals surface area contributed by atoms with Crippen LogP contribution in [0.4, 0.5) is 11.4 Å². The maximum absolute atomic E-state index is 11.8.